The standard InChI is InChI=1S/C37H64O4Si2/c1-14-37(38,15-2)23-17-18-27(3)29-20-16-19-28(24-29)26-39-30-21-22-31(35(10,11)40-42-33(4,5)6)32(25-30)36(12,13)41-43-34(7,8)9/h16,19-22,24-25,27,38H,14-15,17-18,23,26,42-43H2,1-13H3. The van der Waals surface area contributed by atoms with Crippen LogP contribution in [0, 0.1) is 0 Å². The van der Waals surface area contributed by atoms with Gasteiger partial charge in [0.2, 0.25) is 0 Å². The molecule has 0 spiro atoms. The first-order valence-electron chi connectivity index (χ1n) is 16.6. The lowest BCUT2D eigenvalue weighted by Crippen LogP contribution is -2.34. The summed E-state index contributed by atoms with van der Waals surface area (Å²) < 4.78 is 19.8. The van der Waals surface area contributed by atoms with Gasteiger partial charge in [0.15, 0.2) is 19.5 Å². The normalized spacial score (nSPS) is 14.7. The Hall–Kier alpha value is -1.45. The zero-order chi connectivity index (χ0) is 32.7. The van der Waals surface area contributed by atoms with Crippen LogP contribution in [0.4, 0.5) is 0 Å². The van der Waals surface area contributed by atoms with Gasteiger partial charge in [-0.25, -0.2) is 0 Å². The first kappa shape index (κ1) is 37.7. The van der Waals surface area contributed by atoms with Gasteiger partial charge in [-0.1, -0.05) is 92.6 Å². The number of aliphatic hydroxyl groups is 1. The summed E-state index contributed by atoms with van der Waals surface area (Å²) in [6, 6.07) is 15.3. The van der Waals surface area contributed by atoms with Gasteiger partial charge in [0, 0.05) is 0 Å². The summed E-state index contributed by atoms with van der Waals surface area (Å²) in [6.07, 6.45) is 4.60. The van der Waals surface area contributed by atoms with Gasteiger partial charge < -0.3 is 18.7 Å². The van der Waals surface area contributed by atoms with Crippen molar-refractivity contribution in [3.63, 3.8) is 0 Å². The van der Waals surface area contributed by atoms with E-state index in [4.69, 9.17) is 13.6 Å². The minimum Gasteiger partial charge on any atom is -0.489 e. The van der Waals surface area contributed by atoms with Crippen molar-refractivity contribution >= 4 is 19.5 Å². The van der Waals surface area contributed by atoms with Crippen molar-refractivity contribution in [1.82, 2.24) is 0 Å². The molecule has 43 heavy (non-hydrogen) atoms. The molecule has 2 rings (SSSR count). The highest BCUT2D eigenvalue weighted by Gasteiger charge is 2.34. The fourth-order valence-electron chi connectivity index (χ4n) is 5.25. The number of benzene rings is 2. The highest BCUT2D eigenvalue weighted by atomic mass is 28.2. The van der Waals surface area contributed by atoms with E-state index < -0.39 is 36.3 Å². The maximum absolute atomic E-state index is 10.7. The van der Waals surface area contributed by atoms with Crippen molar-refractivity contribution in [2.24, 2.45) is 0 Å². The van der Waals surface area contributed by atoms with E-state index in [-0.39, 0.29) is 10.1 Å². The molecule has 244 valence electrons. The molecular formula is C37H64O4Si2. The van der Waals surface area contributed by atoms with E-state index in [9.17, 15) is 5.11 Å². The fourth-order valence-corrected chi connectivity index (χ4v) is 7.15. The second-order valence-corrected chi connectivity index (χ2v) is 21.6. The van der Waals surface area contributed by atoms with Crippen LogP contribution in [0.15, 0.2) is 42.5 Å². The summed E-state index contributed by atoms with van der Waals surface area (Å²) in [5.74, 6) is 1.29. The van der Waals surface area contributed by atoms with Gasteiger partial charge in [0.05, 0.1) is 16.8 Å². The molecule has 0 aliphatic carbocycles. The topological polar surface area (TPSA) is 47.9 Å². The molecule has 0 saturated carbocycles. The van der Waals surface area contributed by atoms with Crippen LogP contribution in [0.5, 0.6) is 5.75 Å². The van der Waals surface area contributed by atoms with Gasteiger partial charge in [0.25, 0.3) is 0 Å². The van der Waals surface area contributed by atoms with Crippen LogP contribution in [-0.2, 0) is 26.7 Å². The molecule has 0 amide bonds. The van der Waals surface area contributed by atoms with Crippen LogP contribution in [0.25, 0.3) is 0 Å². The van der Waals surface area contributed by atoms with Crippen LogP contribution in [0.2, 0.25) is 10.1 Å². The molecule has 1 unspecified atom stereocenters. The van der Waals surface area contributed by atoms with Crippen molar-refractivity contribution < 1.29 is 18.7 Å². The quantitative estimate of drug-likeness (QED) is 0.188. The average Bonchev–Trinajstić information content (AvgIpc) is 2.93. The van der Waals surface area contributed by atoms with Crippen LogP contribution >= 0.6 is 0 Å². The maximum atomic E-state index is 10.7. The molecule has 1 N–H and O–H groups in total. The third kappa shape index (κ3) is 12.5. The van der Waals surface area contributed by atoms with Crippen molar-refractivity contribution in [3.8, 4) is 5.75 Å². The van der Waals surface area contributed by atoms with Crippen molar-refractivity contribution in [2.75, 3.05) is 0 Å². The second-order valence-electron chi connectivity index (χ2n) is 16.2. The third-order valence-electron chi connectivity index (χ3n) is 8.54. The smallest absolute Gasteiger partial charge is 0.168 e. The van der Waals surface area contributed by atoms with E-state index in [1.165, 1.54) is 16.7 Å². The molecule has 0 bridgehead atoms. The zero-order valence-corrected chi connectivity index (χ0v) is 32.8. The fraction of sp³-hybridized carbons (Fsp3) is 0.676. The predicted molar refractivity (Wildman–Crippen MR) is 190 cm³/mol. The summed E-state index contributed by atoms with van der Waals surface area (Å²) in [7, 11) is -1.52. The highest BCUT2D eigenvalue weighted by molar-refractivity contribution is 6.32. The summed E-state index contributed by atoms with van der Waals surface area (Å²) in [5, 5.41) is 11.1. The largest absolute Gasteiger partial charge is 0.489 e. The summed E-state index contributed by atoms with van der Waals surface area (Å²) in [4.78, 5) is 0. The highest BCUT2D eigenvalue weighted by Crippen LogP contribution is 2.40. The van der Waals surface area contributed by atoms with E-state index in [1.54, 1.807) is 0 Å². The molecule has 0 saturated heterocycles. The van der Waals surface area contributed by atoms with E-state index in [0.29, 0.717) is 12.5 Å². The number of rotatable bonds is 16. The number of hydrogen-bond acceptors (Lipinski definition) is 4. The minimum atomic E-state index is -0.774. The van der Waals surface area contributed by atoms with Gasteiger partial charge in [0.1, 0.15) is 12.4 Å². The lowest BCUT2D eigenvalue weighted by molar-refractivity contribution is 0.0209. The SMILES string of the molecule is CCC(O)(CC)CCCC(C)c1cccc(COc2ccc(C(C)(C)O[SiH2]C(C)(C)C)c(C(C)(C)O[SiH2]C(C)(C)C)c2)c1. The van der Waals surface area contributed by atoms with E-state index >= 15 is 0 Å². The Bertz CT molecular complexity index is 1140. The molecule has 2 aromatic rings. The molecule has 4 nitrogen and oxygen atoms in total. The van der Waals surface area contributed by atoms with E-state index in [2.05, 4.69) is 132 Å². The van der Waals surface area contributed by atoms with E-state index in [1.807, 2.05) is 0 Å². The Kier molecular flexibility index (Phi) is 13.4. The summed E-state index contributed by atoms with van der Waals surface area (Å²) in [6.45, 7) is 29.3. The Labute approximate surface area is 269 Å². The second kappa shape index (κ2) is 15.2. The Morgan fingerprint density at radius 3 is 1.84 bits per heavy atom. The Balaban J connectivity index is 2.25. The van der Waals surface area contributed by atoms with Gasteiger partial charge >= 0.3 is 0 Å². The maximum Gasteiger partial charge on any atom is 0.168 e. The van der Waals surface area contributed by atoms with Crippen LogP contribution in [0.3, 0.4) is 0 Å². The molecule has 0 aromatic heterocycles. The first-order valence-corrected chi connectivity index (χ1v) is 19.1. The Morgan fingerprint density at radius 1 is 0.744 bits per heavy atom. The number of ether oxygens (including phenoxy) is 1. The minimum absolute atomic E-state index is 0.200. The molecule has 6 heteroatoms. The van der Waals surface area contributed by atoms with Crippen molar-refractivity contribution in [3.05, 3.63) is 64.7 Å². The van der Waals surface area contributed by atoms with Crippen molar-refractivity contribution in [2.45, 2.75) is 162 Å². The molecule has 0 aliphatic rings. The van der Waals surface area contributed by atoms with Crippen LogP contribution < -0.4 is 4.74 Å². The molecule has 0 fully saturated rings. The molecular weight excluding hydrogens is 565 g/mol. The monoisotopic (exact) mass is 628 g/mol. The molecule has 0 aliphatic heterocycles. The van der Waals surface area contributed by atoms with Gasteiger partial charge in [-0.3, -0.25) is 0 Å². The van der Waals surface area contributed by atoms with Crippen molar-refractivity contribution in [1.29, 1.82) is 0 Å². The first-order chi connectivity index (χ1) is 19.7. The zero-order valence-electron chi connectivity index (χ0n) is 29.9. The third-order valence-corrected chi connectivity index (χ3v) is 12.0. The molecule has 2 aromatic carbocycles. The van der Waals surface area contributed by atoms with E-state index in [0.717, 1.165) is 43.4 Å². The van der Waals surface area contributed by atoms with Crippen LogP contribution in [0.1, 0.15) is 150 Å². The molecule has 1 atom stereocenters. The summed E-state index contributed by atoms with van der Waals surface area (Å²) >= 11 is 0. The Morgan fingerprint density at radius 2 is 1.30 bits per heavy atom. The molecule has 0 radical (unpaired) electrons. The van der Waals surface area contributed by atoms with Gasteiger partial charge in [-0.2, -0.15) is 0 Å². The number of hydrogen-bond donors (Lipinski definition) is 1. The summed E-state index contributed by atoms with van der Waals surface area (Å²) in [5.41, 5.74) is 3.45. The molecule has 0 heterocycles. The lowest BCUT2D eigenvalue weighted by atomic mass is 9.85. The van der Waals surface area contributed by atoms with Crippen LogP contribution in [-0.4, -0.2) is 30.2 Å². The van der Waals surface area contributed by atoms with Gasteiger partial charge in [-0.05, 0) is 110 Å². The predicted octanol–water partition coefficient (Wildman–Crippen LogP) is 9.20. The van der Waals surface area contributed by atoms with Gasteiger partial charge in [-0.15, -0.1) is 0 Å². The average molecular weight is 629 g/mol. The lowest BCUT2D eigenvalue weighted by Gasteiger charge is -2.37.